The predicted molar refractivity (Wildman–Crippen MR) is 104 cm³/mol. The van der Waals surface area contributed by atoms with Crippen LogP contribution in [0.2, 0.25) is 0 Å². The molecule has 0 bridgehead atoms. The van der Waals surface area contributed by atoms with Crippen LogP contribution in [0.4, 0.5) is 5.69 Å². The largest absolute Gasteiger partial charge is 0.478 e. The number of anilines is 1. The first-order chi connectivity index (χ1) is 12.2. The van der Waals surface area contributed by atoms with E-state index in [-0.39, 0.29) is 21.8 Å². The van der Waals surface area contributed by atoms with Gasteiger partial charge in [0.25, 0.3) is 5.91 Å². The Morgan fingerprint density at radius 1 is 1.35 bits per heavy atom. The molecule has 4 N–H and O–H groups in total. The number of hydrogen-bond donors (Lipinski definition) is 3. The number of hydrogen-bond acceptors (Lipinski definition) is 4. The first kappa shape index (κ1) is 18.6. The fraction of sp³-hybridized carbons (Fsp3) is 0.400. The minimum absolute atomic E-state index is 0.0513. The van der Waals surface area contributed by atoms with E-state index in [2.05, 4.69) is 19.2 Å². The molecule has 5 nitrogen and oxygen atoms in total. The van der Waals surface area contributed by atoms with Crippen molar-refractivity contribution in [2.24, 2.45) is 11.1 Å². The molecule has 6 heteroatoms. The lowest BCUT2D eigenvalue weighted by atomic mass is 9.76. The van der Waals surface area contributed by atoms with Crippen LogP contribution in [0.3, 0.4) is 0 Å². The summed E-state index contributed by atoms with van der Waals surface area (Å²) in [5.74, 6) is -1.41. The molecule has 2 aromatic rings. The Bertz CT molecular complexity index is 883. The van der Waals surface area contributed by atoms with Crippen molar-refractivity contribution in [3.05, 3.63) is 50.2 Å². The molecule has 1 aliphatic rings. The molecule has 0 unspecified atom stereocenters. The molecule has 1 aromatic heterocycles. The van der Waals surface area contributed by atoms with Crippen LogP contribution in [0.25, 0.3) is 0 Å². The summed E-state index contributed by atoms with van der Waals surface area (Å²) >= 11 is 1.31. The van der Waals surface area contributed by atoms with Crippen LogP contribution in [-0.2, 0) is 19.4 Å². The van der Waals surface area contributed by atoms with E-state index in [1.165, 1.54) is 11.3 Å². The molecule has 1 aliphatic carbocycles. The van der Waals surface area contributed by atoms with Gasteiger partial charge < -0.3 is 16.2 Å². The second kappa shape index (κ2) is 6.85. The van der Waals surface area contributed by atoms with Crippen LogP contribution in [0.1, 0.15) is 61.9 Å². The van der Waals surface area contributed by atoms with Gasteiger partial charge in [-0.15, -0.1) is 11.3 Å². The molecule has 0 fully saturated rings. The summed E-state index contributed by atoms with van der Waals surface area (Å²) in [6.07, 6.45) is 2.50. The zero-order valence-electron chi connectivity index (χ0n) is 15.3. The fourth-order valence-corrected chi connectivity index (χ4v) is 4.70. The van der Waals surface area contributed by atoms with Crippen LogP contribution < -0.4 is 11.1 Å². The van der Waals surface area contributed by atoms with Crippen LogP contribution in [0, 0.1) is 12.3 Å². The Morgan fingerprint density at radius 2 is 2.08 bits per heavy atom. The third-order valence-corrected chi connectivity index (χ3v) is 6.21. The molecular weight excluding hydrogens is 348 g/mol. The Morgan fingerprint density at radius 3 is 2.73 bits per heavy atom. The zero-order valence-corrected chi connectivity index (χ0v) is 16.1. The van der Waals surface area contributed by atoms with Gasteiger partial charge in [-0.3, -0.25) is 4.79 Å². The molecule has 1 heterocycles. The van der Waals surface area contributed by atoms with E-state index in [0.717, 1.165) is 34.4 Å². The first-order valence-electron chi connectivity index (χ1n) is 8.70. The minimum Gasteiger partial charge on any atom is -0.478 e. The lowest BCUT2D eigenvalue weighted by Crippen LogP contribution is -2.23. The molecule has 0 atom stereocenters. The van der Waals surface area contributed by atoms with Gasteiger partial charge in [0.2, 0.25) is 0 Å². The van der Waals surface area contributed by atoms with E-state index in [0.29, 0.717) is 18.7 Å². The summed E-state index contributed by atoms with van der Waals surface area (Å²) in [6.45, 7) is 6.54. The van der Waals surface area contributed by atoms with Crippen LogP contribution in [-0.4, -0.2) is 17.0 Å². The number of aryl methyl sites for hydroxylation is 2. The number of aromatic carboxylic acids is 1. The molecule has 0 saturated carbocycles. The maximum atomic E-state index is 12.9. The number of rotatable bonds is 4. The van der Waals surface area contributed by atoms with Gasteiger partial charge >= 0.3 is 5.97 Å². The molecular formula is C20H24N2O3S. The second-order valence-electron chi connectivity index (χ2n) is 7.67. The molecule has 1 aromatic carbocycles. The first-order valence-corrected chi connectivity index (χ1v) is 9.52. The third-order valence-electron chi connectivity index (χ3n) is 4.92. The van der Waals surface area contributed by atoms with Gasteiger partial charge in [-0.25, -0.2) is 4.79 Å². The smallest absolute Gasteiger partial charge is 0.337 e. The minimum atomic E-state index is -1.03. The zero-order chi connectivity index (χ0) is 19.1. The number of nitrogens with two attached hydrogens (primary N) is 1. The lowest BCUT2D eigenvalue weighted by Gasteiger charge is -2.29. The summed E-state index contributed by atoms with van der Waals surface area (Å²) in [5, 5.41) is 12.6. The highest BCUT2D eigenvalue weighted by Gasteiger charge is 2.34. The number of carboxylic acid groups (broad SMARTS) is 1. The molecule has 3 rings (SSSR count). The van der Waals surface area contributed by atoms with Gasteiger partial charge in [-0.2, -0.15) is 0 Å². The van der Waals surface area contributed by atoms with Crippen molar-refractivity contribution in [1.82, 2.24) is 0 Å². The van der Waals surface area contributed by atoms with Crippen LogP contribution in [0.5, 0.6) is 0 Å². The standard InChI is InChI=1S/C20H24N2O3S/c1-11-4-5-14(12(8-11)10-21)22-18(23)17-16(19(24)25)13-9-20(2,3)7-6-15(13)26-17/h4-5,8H,6-7,9-10,21H2,1-3H3,(H,22,23)(H,24,25). The predicted octanol–water partition coefficient (Wildman–Crippen LogP) is 3.98. The van der Waals surface area contributed by atoms with Crippen molar-refractivity contribution in [3.8, 4) is 0 Å². The highest BCUT2D eigenvalue weighted by atomic mass is 32.1. The lowest BCUT2D eigenvalue weighted by molar-refractivity contribution is 0.0691. The SMILES string of the molecule is Cc1ccc(NC(=O)c2sc3c(c2C(=O)O)CC(C)(C)CC3)c(CN)c1. The van der Waals surface area contributed by atoms with Gasteiger partial charge in [0.15, 0.2) is 0 Å². The van der Waals surface area contributed by atoms with E-state index in [4.69, 9.17) is 5.73 Å². The van der Waals surface area contributed by atoms with Crippen molar-refractivity contribution in [1.29, 1.82) is 0 Å². The van der Waals surface area contributed by atoms with Crippen LogP contribution in [0.15, 0.2) is 18.2 Å². The molecule has 0 radical (unpaired) electrons. The van der Waals surface area contributed by atoms with Crippen molar-refractivity contribution >= 4 is 28.9 Å². The number of thiophene rings is 1. The number of benzene rings is 1. The number of carbonyl (C=O) groups is 2. The van der Waals surface area contributed by atoms with E-state index >= 15 is 0 Å². The van der Waals surface area contributed by atoms with Gasteiger partial charge in [0.05, 0.1) is 5.56 Å². The summed E-state index contributed by atoms with van der Waals surface area (Å²) in [7, 11) is 0. The molecule has 0 spiro atoms. The van der Waals surface area contributed by atoms with Crippen molar-refractivity contribution in [2.75, 3.05) is 5.32 Å². The number of carbonyl (C=O) groups excluding carboxylic acids is 1. The molecule has 1 amide bonds. The Kier molecular flexibility index (Phi) is 4.90. The highest BCUT2D eigenvalue weighted by molar-refractivity contribution is 7.14. The summed E-state index contributed by atoms with van der Waals surface area (Å²) in [5.41, 5.74) is 9.34. The molecule has 0 saturated heterocycles. The number of amides is 1. The normalized spacial score (nSPS) is 15.4. The Hall–Kier alpha value is -2.18. The van der Waals surface area contributed by atoms with Gasteiger partial charge in [0.1, 0.15) is 4.88 Å². The maximum absolute atomic E-state index is 12.9. The monoisotopic (exact) mass is 372 g/mol. The topological polar surface area (TPSA) is 92.4 Å². The van der Waals surface area contributed by atoms with E-state index in [9.17, 15) is 14.7 Å². The van der Waals surface area contributed by atoms with E-state index < -0.39 is 5.97 Å². The molecule has 0 aliphatic heterocycles. The van der Waals surface area contributed by atoms with E-state index in [1.54, 1.807) is 0 Å². The molecule has 138 valence electrons. The number of fused-ring (bicyclic) bond motifs is 1. The average molecular weight is 372 g/mol. The van der Waals surface area contributed by atoms with Crippen molar-refractivity contribution in [3.63, 3.8) is 0 Å². The number of nitrogens with one attached hydrogen (secondary N) is 1. The summed E-state index contributed by atoms with van der Waals surface area (Å²) in [4.78, 5) is 26.1. The van der Waals surface area contributed by atoms with Gasteiger partial charge in [-0.1, -0.05) is 31.5 Å². The second-order valence-corrected chi connectivity index (χ2v) is 8.78. The fourth-order valence-electron chi connectivity index (χ4n) is 3.50. The Labute approximate surface area is 157 Å². The number of carboxylic acids is 1. The van der Waals surface area contributed by atoms with E-state index in [1.807, 2.05) is 25.1 Å². The quantitative estimate of drug-likeness (QED) is 0.757. The summed E-state index contributed by atoms with van der Waals surface area (Å²) < 4.78 is 0. The van der Waals surface area contributed by atoms with Crippen molar-refractivity contribution < 1.29 is 14.7 Å². The van der Waals surface area contributed by atoms with Gasteiger partial charge in [0, 0.05) is 17.1 Å². The third kappa shape index (κ3) is 3.52. The maximum Gasteiger partial charge on any atom is 0.337 e. The Balaban J connectivity index is 1.98. The van der Waals surface area contributed by atoms with Gasteiger partial charge in [-0.05, 0) is 48.8 Å². The van der Waals surface area contributed by atoms with Crippen LogP contribution >= 0.6 is 11.3 Å². The molecule has 26 heavy (non-hydrogen) atoms. The highest BCUT2D eigenvalue weighted by Crippen LogP contribution is 2.41. The summed E-state index contributed by atoms with van der Waals surface area (Å²) in [6, 6.07) is 5.64. The van der Waals surface area contributed by atoms with Crippen molar-refractivity contribution in [2.45, 2.75) is 46.6 Å². The average Bonchev–Trinajstić information content (AvgIpc) is 2.93.